The third kappa shape index (κ3) is 6.05. The number of hydrogen-bond acceptors (Lipinski definition) is 7. The van der Waals surface area contributed by atoms with Gasteiger partial charge < -0.3 is 20.3 Å². The van der Waals surface area contributed by atoms with Gasteiger partial charge in [0.2, 0.25) is 5.95 Å². The number of fused-ring (bicyclic) bond motifs is 1. The van der Waals surface area contributed by atoms with Gasteiger partial charge >= 0.3 is 6.09 Å². The van der Waals surface area contributed by atoms with E-state index < -0.39 is 0 Å². The summed E-state index contributed by atoms with van der Waals surface area (Å²) in [4.78, 5) is 28.5. The quantitative estimate of drug-likeness (QED) is 0.212. The van der Waals surface area contributed by atoms with Crippen LogP contribution in [0.25, 0.3) is 16.9 Å². The number of aromatic nitrogens is 4. The minimum atomic E-state index is -0.258. The molecule has 9 heteroatoms. The molecule has 3 aromatic carbocycles. The lowest BCUT2D eigenvalue weighted by Crippen LogP contribution is -2.39. The lowest BCUT2D eigenvalue weighted by atomic mass is 10.1. The molecular weight excluding hydrogens is 526 g/mol. The number of benzene rings is 3. The number of carbonyl (C=O) groups is 1. The van der Waals surface area contributed by atoms with Gasteiger partial charge in [-0.05, 0) is 61.6 Å². The molecule has 6 rings (SSSR count). The summed E-state index contributed by atoms with van der Waals surface area (Å²) >= 11 is 0. The van der Waals surface area contributed by atoms with Crippen molar-refractivity contribution in [2.45, 2.75) is 45.4 Å². The minimum absolute atomic E-state index is 0.0679. The number of carbonyl (C=O) groups excluding carboxylic acids is 1. The number of nitrogens with zero attached hydrogens (tertiary/aromatic N) is 5. The van der Waals surface area contributed by atoms with E-state index in [1.165, 1.54) is 5.56 Å². The average Bonchev–Trinajstić information content (AvgIpc) is 3.67. The number of imidazole rings is 1. The van der Waals surface area contributed by atoms with Crippen LogP contribution in [0.5, 0.6) is 0 Å². The van der Waals surface area contributed by atoms with Gasteiger partial charge in [0.1, 0.15) is 18.8 Å². The van der Waals surface area contributed by atoms with Crippen LogP contribution in [0.3, 0.4) is 0 Å². The fourth-order valence-electron chi connectivity index (χ4n) is 5.42. The Balaban J connectivity index is 1.12. The number of ether oxygens (including phenoxy) is 1. The largest absolute Gasteiger partial charge is 0.445 e. The zero-order chi connectivity index (χ0) is 28.9. The maximum Gasteiger partial charge on any atom is 0.410 e. The van der Waals surface area contributed by atoms with E-state index in [-0.39, 0.29) is 24.8 Å². The van der Waals surface area contributed by atoms with Crippen LogP contribution >= 0.6 is 0 Å². The van der Waals surface area contributed by atoms with E-state index >= 15 is 0 Å². The second kappa shape index (κ2) is 12.3. The molecule has 2 N–H and O–H groups in total. The van der Waals surface area contributed by atoms with Gasteiger partial charge in [-0.1, -0.05) is 60.7 Å². The molecule has 2 atom stereocenters. The Bertz CT molecular complexity index is 1660. The van der Waals surface area contributed by atoms with Crippen molar-refractivity contribution in [3.63, 3.8) is 0 Å². The Hall–Kier alpha value is -4.92. The molecule has 3 heterocycles. The second-order valence-corrected chi connectivity index (χ2v) is 10.7. The Kier molecular flexibility index (Phi) is 7.98. The highest BCUT2D eigenvalue weighted by Gasteiger charge is 2.30. The molecule has 0 radical (unpaired) electrons. The smallest absolute Gasteiger partial charge is 0.410 e. The van der Waals surface area contributed by atoms with E-state index in [0.717, 1.165) is 46.5 Å². The normalized spacial score (nSPS) is 15.5. The number of amides is 1. The third-order valence-electron chi connectivity index (χ3n) is 7.77. The van der Waals surface area contributed by atoms with Crippen LogP contribution in [0, 0.1) is 6.92 Å². The molecule has 214 valence electrons. The molecule has 0 aliphatic carbocycles. The molecular formula is C33H35N7O2. The Labute approximate surface area is 245 Å². The summed E-state index contributed by atoms with van der Waals surface area (Å²) in [6, 6.07) is 26.2. The van der Waals surface area contributed by atoms with Crippen LogP contribution in [0.15, 0.2) is 91.4 Å². The van der Waals surface area contributed by atoms with Crippen molar-refractivity contribution >= 4 is 28.8 Å². The fraction of sp³-hybridized carbons (Fsp3) is 0.273. The molecule has 1 unspecified atom stereocenters. The summed E-state index contributed by atoms with van der Waals surface area (Å²) in [6.45, 7) is 5.81. The van der Waals surface area contributed by atoms with E-state index in [2.05, 4.69) is 58.7 Å². The van der Waals surface area contributed by atoms with Gasteiger partial charge in [0.05, 0.1) is 23.1 Å². The lowest BCUT2D eigenvalue weighted by Gasteiger charge is -2.25. The molecule has 1 fully saturated rings. The van der Waals surface area contributed by atoms with Gasteiger partial charge in [-0.2, -0.15) is 4.98 Å². The van der Waals surface area contributed by atoms with Crippen LogP contribution in [0.1, 0.15) is 42.5 Å². The predicted molar refractivity (Wildman–Crippen MR) is 165 cm³/mol. The third-order valence-corrected chi connectivity index (χ3v) is 7.77. The lowest BCUT2D eigenvalue weighted by molar-refractivity contribution is 0.0937. The molecule has 0 bridgehead atoms. The maximum atomic E-state index is 12.8. The minimum Gasteiger partial charge on any atom is -0.445 e. The SMILES string of the molecule is Cc1cc2c(cc1NCC1CCCN1C(=O)OCc1ccccc1)ncn2-c1ccnc(N[C@@H](C)c2ccccc2)n1. The molecule has 0 saturated carbocycles. The van der Waals surface area contributed by atoms with E-state index in [4.69, 9.17) is 9.72 Å². The monoisotopic (exact) mass is 561 g/mol. The second-order valence-electron chi connectivity index (χ2n) is 10.7. The van der Waals surface area contributed by atoms with E-state index in [0.29, 0.717) is 19.0 Å². The highest BCUT2D eigenvalue weighted by atomic mass is 16.6. The van der Waals surface area contributed by atoms with Gasteiger partial charge in [0.15, 0.2) is 0 Å². The van der Waals surface area contributed by atoms with Crippen molar-refractivity contribution in [2.24, 2.45) is 0 Å². The van der Waals surface area contributed by atoms with Crippen molar-refractivity contribution in [2.75, 3.05) is 23.7 Å². The van der Waals surface area contributed by atoms with Gasteiger partial charge in [-0.15, -0.1) is 0 Å². The molecule has 5 aromatic rings. The van der Waals surface area contributed by atoms with Crippen LogP contribution in [-0.4, -0.2) is 49.6 Å². The molecule has 1 saturated heterocycles. The van der Waals surface area contributed by atoms with Crippen molar-refractivity contribution < 1.29 is 9.53 Å². The van der Waals surface area contributed by atoms with Crippen molar-refractivity contribution in [3.8, 4) is 5.82 Å². The Morgan fingerprint density at radius 3 is 2.64 bits per heavy atom. The average molecular weight is 562 g/mol. The number of rotatable bonds is 9. The molecule has 42 heavy (non-hydrogen) atoms. The van der Waals surface area contributed by atoms with Gasteiger partial charge in [0.25, 0.3) is 0 Å². The van der Waals surface area contributed by atoms with Gasteiger partial charge in [0, 0.05) is 25.0 Å². The highest BCUT2D eigenvalue weighted by Crippen LogP contribution is 2.27. The van der Waals surface area contributed by atoms with Gasteiger partial charge in [-0.25, -0.2) is 14.8 Å². The van der Waals surface area contributed by atoms with E-state index in [1.807, 2.05) is 64.1 Å². The Morgan fingerprint density at radius 2 is 1.83 bits per heavy atom. The topological polar surface area (TPSA) is 97.2 Å². The number of anilines is 2. The summed E-state index contributed by atoms with van der Waals surface area (Å²) in [5.41, 5.74) is 6.06. The fourth-order valence-corrected chi connectivity index (χ4v) is 5.42. The standard InChI is InChI=1S/C33H35N7O2/c1-23-18-30-29(36-22-40(30)31-15-16-34-32(38-31)37-24(2)26-12-7-4-8-13-26)19-28(23)35-20-27-14-9-17-39(27)33(41)42-21-25-10-5-3-6-11-25/h3-8,10-13,15-16,18-19,22,24,27,35H,9,14,17,20-21H2,1-2H3,(H,34,37,38)/t24-,27?/m0/s1. The summed E-state index contributed by atoms with van der Waals surface area (Å²) in [7, 11) is 0. The zero-order valence-corrected chi connectivity index (χ0v) is 23.9. The Morgan fingerprint density at radius 1 is 1.05 bits per heavy atom. The van der Waals surface area contributed by atoms with Crippen molar-refractivity contribution in [3.05, 3.63) is 108 Å². The van der Waals surface area contributed by atoms with Gasteiger partial charge in [-0.3, -0.25) is 4.57 Å². The predicted octanol–water partition coefficient (Wildman–Crippen LogP) is 6.51. The van der Waals surface area contributed by atoms with E-state index in [9.17, 15) is 4.79 Å². The number of likely N-dealkylation sites (tertiary alicyclic amines) is 1. The molecule has 0 spiro atoms. The highest BCUT2D eigenvalue weighted by molar-refractivity contribution is 5.83. The molecule has 1 aliphatic rings. The number of hydrogen-bond donors (Lipinski definition) is 2. The first kappa shape index (κ1) is 27.3. The van der Waals surface area contributed by atoms with Crippen LogP contribution in [0.4, 0.5) is 16.4 Å². The summed E-state index contributed by atoms with van der Waals surface area (Å²) in [6.07, 6.45) is 5.20. The first-order valence-corrected chi connectivity index (χ1v) is 14.4. The molecule has 1 amide bonds. The van der Waals surface area contributed by atoms with Crippen LogP contribution in [-0.2, 0) is 11.3 Å². The molecule has 1 aliphatic heterocycles. The first-order valence-electron chi connectivity index (χ1n) is 14.4. The molecule has 2 aromatic heterocycles. The van der Waals surface area contributed by atoms with Crippen molar-refractivity contribution in [1.29, 1.82) is 0 Å². The molecule has 9 nitrogen and oxygen atoms in total. The summed E-state index contributed by atoms with van der Waals surface area (Å²) in [5, 5.41) is 6.96. The summed E-state index contributed by atoms with van der Waals surface area (Å²) < 4.78 is 7.58. The summed E-state index contributed by atoms with van der Waals surface area (Å²) in [5.74, 6) is 1.30. The van der Waals surface area contributed by atoms with Crippen LogP contribution < -0.4 is 10.6 Å². The van der Waals surface area contributed by atoms with E-state index in [1.54, 1.807) is 12.5 Å². The van der Waals surface area contributed by atoms with Crippen molar-refractivity contribution in [1.82, 2.24) is 24.4 Å². The first-order chi connectivity index (χ1) is 20.5. The maximum absolute atomic E-state index is 12.8. The number of nitrogens with one attached hydrogen (secondary N) is 2. The zero-order valence-electron chi connectivity index (χ0n) is 23.9. The van der Waals surface area contributed by atoms with Crippen LogP contribution in [0.2, 0.25) is 0 Å². The number of aryl methyl sites for hydroxylation is 1.